The zero-order valence-electron chi connectivity index (χ0n) is 9.04. The second kappa shape index (κ2) is 5.95. The first-order chi connectivity index (χ1) is 6.45. The van der Waals surface area contributed by atoms with Gasteiger partial charge in [-0.05, 0) is 0 Å². The predicted molar refractivity (Wildman–Crippen MR) is 54.1 cm³/mol. The summed E-state index contributed by atoms with van der Waals surface area (Å²) in [5.74, 6) is -0.875. The average molecular weight is 204 g/mol. The van der Waals surface area contributed by atoms with Crippen LogP contribution in [0.3, 0.4) is 0 Å². The molecule has 0 saturated carbocycles. The number of hydrogen-bond acceptors (Lipinski definition) is 4. The molecule has 0 bridgehead atoms. The van der Waals surface area contributed by atoms with Crippen LogP contribution >= 0.6 is 0 Å². The van der Waals surface area contributed by atoms with E-state index in [0.29, 0.717) is 19.7 Å². The maximum absolute atomic E-state index is 11.0. The van der Waals surface area contributed by atoms with Crippen molar-refractivity contribution in [2.75, 3.05) is 26.8 Å². The third-order valence-electron chi connectivity index (χ3n) is 2.04. The fraction of sp³-hybridized carbons (Fsp3) is 0.889. The van der Waals surface area contributed by atoms with Crippen LogP contribution in [0.25, 0.3) is 0 Å². The van der Waals surface area contributed by atoms with Crippen molar-refractivity contribution < 1.29 is 14.6 Å². The van der Waals surface area contributed by atoms with Crippen LogP contribution in [-0.2, 0) is 9.53 Å². The first-order valence-corrected chi connectivity index (χ1v) is 4.61. The molecule has 0 spiro atoms. The van der Waals surface area contributed by atoms with E-state index in [2.05, 4.69) is 5.32 Å². The number of carboxylic acid groups (broad SMARTS) is 1. The molecule has 0 aliphatic heterocycles. The molecule has 1 atom stereocenters. The van der Waals surface area contributed by atoms with Crippen LogP contribution in [-0.4, -0.2) is 43.9 Å². The molecule has 0 radical (unpaired) electrons. The maximum Gasteiger partial charge on any atom is 0.321 e. The average Bonchev–Trinajstić information content (AvgIpc) is 2.03. The summed E-state index contributed by atoms with van der Waals surface area (Å²) in [6, 6.07) is -0.633. The first kappa shape index (κ1) is 13.4. The van der Waals surface area contributed by atoms with Crippen LogP contribution in [0.5, 0.6) is 0 Å². The number of hydrogen-bond donors (Lipinski definition) is 3. The van der Waals surface area contributed by atoms with Crippen molar-refractivity contribution in [1.82, 2.24) is 5.32 Å². The molecule has 0 aromatic carbocycles. The van der Waals surface area contributed by atoms with Gasteiger partial charge in [0.25, 0.3) is 0 Å². The number of nitrogens with two attached hydrogens (primary N) is 1. The Hall–Kier alpha value is -0.650. The van der Waals surface area contributed by atoms with Crippen molar-refractivity contribution in [3.8, 4) is 0 Å². The lowest BCUT2D eigenvalue weighted by molar-refractivity contribution is -0.143. The molecule has 0 saturated heterocycles. The van der Waals surface area contributed by atoms with Crippen LogP contribution in [0.1, 0.15) is 13.8 Å². The fourth-order valence-corrected chi connectivity index (χ4v) is 1.38. The minimum atomic E-state index is -0.875. The Morgan fingerprint density at radius 1 is 1.64 bits per heavy atom. The van der Waals surface area contributed by atoms with E-state index in [0.717, 1.165) is 0 Å². The molecule has 0 fully saturated rings. The summed E-state index contributed by atoms with van der Waals surface area (Å²) in [5.41, 5.74) is 4.86. The van der Waals surface area contributed by atoms with Crippen molar-refractivity contribution in [2.45, 2.75) is 19.9 Å². The van der Waals surface area contributed by atoms with Gasteiger partial charge in [-0.3, -0.25) is 4.79 Å². The molecule has 84 valence electrons. The van der Waals surface area contributed by atoms with Crippen molar-refractivity contribution >= 4 is 5.97 Å². The third kappa shape index (κ3) is 4.04. The quantitative estimate of drug-likeness (QED) is 0.528. The Bertz CT molecular complexity index is 183. The lowest BCUT2D eigenvalue weighted by atomic mass is 9.85. The van der Waals surface area contributed by atoms with Gasteiger partial charge < -0.3 is 20.9 Å². The van der Waals surface area contributed by atoms with E-state index < -0.39 is 17.4 Å². The van der Waals surface area contributed by atoms with Crippen LogP contribution in [0, 0.1) is 5.41 Å². The summed E-state index contributed by atoms with van der Waals surface area (Å²) in [4.78, 5) is 11.0. The largest absolute Gasteiger partial charge is 0.480 e. The molecule has 0 aliphatic carbocycles. The SMILES string of the molecule is COCC(C)(C)C(NCCN)C(=O)O. The van der Waals surface area contributed by atoms with Gasteiger partial charge in [0.2, 0.25) is 0 Å². The van der Waals surface area contributed by atoms with Crippen molar-refractivity contribution in [2.24, 2.45) is 11.1 Å². The van der Waals surface area contributed by atoms with E-state index in [-0.39, 0.29) is 0 Å². The highest BCUT2D eigenvalue weighted by atomic mass is 16.5. The standard InChI is InChI=1S/C9H20N2O3/c1-9(2,6-14-3)7(8(12)13)11-5-4-10/h7,11H,4-6,10H2,1-3H3,(H,12,13). The van der Waals surface area contributed by atoms with Crippen LogP contribution < -0.4 is 11.1 Å². The Morgan fingerprint density at radius 2 is 2.21 bits per heavy atom. The van der Waals surface area contributed by atoms with Gasteiger partial charge in [0, 0.05) is 25.6 Å². The minimum absolute atomic E-state index is 0.390. The van der Waals surface area contributed by atoms with Crippen molar-refractivity contribution in [3.63, 3.8) is 0 Å². The lowest BCUT2D eigenvalue weighted by Crippen LogP contribution is -2.51. The zero-order chi connectivity index (χ0) is 11.2. The highest BCUT2D eigenvalue weighted by molar-refractivity contribution is 5.74. The predicted octanol–water partition coefficient (Wildman–Crippen LogP) is -0.339. The van der Waals surface area contributed by atoms with Crippen molar-refractivity contribution in [1.29, 1.82) is 0 Å². The number of carbonyl (C=O) groups is 1. The number of rotatable bonds is 7. The van der Waals surface area contributed by atoms with Crippen LogP contribution in [0.15, 0.2) is 0 Å². The maximum atomic E-state index is 11.0. The Labute approximate surface area is 84.6 Å². The molecular weight excluding hydrogens is 184 g/mol. The molecule has 0 aromatic heterocycles. The van der Waals surface area contributed by atoms with E-state index in [1.54, 1.807) is 7.11 Å². The number of nitrogens with one attached hydrogen (secondary N) is 1. The van der Waals surface area contributed by atoms with Gasteiger partial charge in [0.1, 0.15) is 6.04 Å². The van der Waals surface area contributed by atoms with E-state index in [1.165, 1.54) is 0 Å². The van der Waals surface area contributed by atoms with Gasteiger partial charge in [-0.1, -0.05) is 13.8 Å². The summed E-state index contributed by atoms with van der Waals surface area (Å²) in [7, 11) is 1.56. The highest BCUT2D eigenvalue weighted by Crippen LogP contribution is 2.21. The fourth-order valence-electron chi connectivity index (χ4n) is 1.38. The monoisotopic (exact) mass is 204 g/mol. The number of carboxylic acids is 1. The Balaban J connectivity index is 4.38. The minimum Gasteiger partial charge on any atom is -0.480 e. The van der Waals surface area contributed by atoms with Crippen LogP contribution in [0.2, 0.25) is 0 Å². The van der Waals surface area contributed by atoms with Gasteiger partial charge >= 0.3 is 5.97 Å². The third-order valence-corrected chi connectivity index (χ3v) is 2.04. The number of methoxy groups -OCH3 is 1. The normalized spacial score (nSPS) is 14.0. The van der Waals surface area contributed by atoms with E-state index in [4.69, 9.17) is 15.6 Å². The second-order valence-corrected chi connectivity index (χ2v) is 3.94. The summed E-state index contributed by atoms with van der Waals surface area (Å²) in [6.07, 6.45) is 0. The van der Waals surface area contributed by atoms with Gasteiger partial charge in [-0.2, -0.15) is 0 Å². The highest BCUT2D eigenvalue weighted by Gasteiger charge is 2.34. The first-order valence-electron chi connectivity index (χ1n) is 4.61. The summed E-state index contributed by atoms with van der Waals surface area (Å²) in [6.45, 7) is 5.00. The number of aliphatic carboxylic acids is 1. The molecule has 14 heavy (non-hydrogen) atoms. The summed E-state index contributed by atoms with van der Waals surface area (Å²) >= 11 is 0. The van der Waals surface area contributed by atoms with Crippen LogP contribution in [0.4, 0.5) is 0 Å². The summed E-state index contributed by atoms with van der Waals surface area (Å²) < 4.78 is 4.98. The molecule has 0 rings (SSSR count). The molecule has 0 aromatic rings. The Morgan fingerprint density at radius 3 is 2.57 bits per heavy atom. The smallest absolute Gasteiger partial charge is 0.321 e. The molecule has 4 N–H and O–H groups in total. The molecule has 5 nitrogen and oxygen atoms in total. The second-order valence-electron chi connectivity index (χ2n) is 3.94. The van der Waals surface area contributed by atoms with E-state index in [9.17, 15) is 4.79 Å². The molecule has 0 aliphatic rings. The van der Waals surface area contributed by atoms with Crippen molar-refractivity contribution in [3.05, 3.63) is 0 Å². The molecular formula is C9H20N2O3. The van der Waals surface area contributed by atoms with Gasteiger partial charge in [-0.25, -0.2) is 0 Å². The van der Waals surface area contributed by atoms with E-state index >= 15 is 0 Å². The topological polar surface area (TPSA) is 84.6 Å². The molecule has 0 heterocycles. The lowest BCUT2D eigenvalue weighted by Gasteiger charge is -2.31. The van der Waals surface area contributed by atoms with Gasteiger partial charge in [0.05, 0.1) is 6.61 Å². The molecule has 5 heteroatoms. The van der Waals surface area contributed by atoms with Gasteiger partial charge in [0.15, 0.2) is 0 Å². The Kier molecular flexibility index (Phi) is 5.68. The molecule has 1 unspecified atom stereocenters. The molecule has 0 amide bonds. The number of ether oxygens (including phenoxy) is 1. The zero-order valence-corrected chi connectivity index (χ0v) is 9.04. The summed E-state index contributed by atoms with van der Waals surface area (Å²) in [5, 5.41) is 11.9. The van der Waals surface area contributed by atoms with Gasteiger partial charge in [-0.15, -0.1) is 0 Å². The van der Waals surface area contributed by atoms with E-state index in [1.807, 2.05) is 13.8 Å².